The Labute approximate surface area is 178 Å². The Hall–Kier alpha value is -0.0800. The van der Waals surface area contributed by atoms with Gasteiger partial charge < -0.3 is 20.4 Å². The number of guanidine groups is 1. The lowest BCUT2D eigenvalue weighted by Gasteiger charge is -2.32. The standard InChI is InChI=1S/C20H41N5.HI/c1-4-20(10-6-7-11-20)18-23-19(21-5-2)22-12-8-9-13-25-16-14-24(3)15-17-25;/h4-18H2,1-3H3,(H2,21,22,23);1H. The molecule has 6 heteroatoms. The van der Waals surface area contributed by atoms with Gasteiger partial charge in [0.25, 0.3) is 0 Å². The van der Waals surface area contributed by atoms with Gasteiger partial charge in [-0.3, -0.25) is 4.99 Å². The van der Waals surface area contributed by atoms with Crippen LogP contribution < -0.4 is 10.6 Å². The van der Waals surface area contributed by atoms with E-state index in [2.05, 4.69) is 41.3 Å². The Balaban J connectivity index is 0.00000338. The lowest BCUT2D eigenvalue weighted by atomic mass is 9.84. The zero-order valence-corrected chi connectivity index (χ0v) is 19.7. The highest BCUT2D eigenvalue weighted by Gasteiger charge is 2.31. The topological polar surface area (TPSA) is 42.9 Å². The van der Waals surface area contributed by atoms with Gasteiger partial charge in [0.05, 0.1) is 0 Å². The summed E-state index contributed by atoms with van der Waals surface area (Å²) in [6, 6.07) is 0. The van der Waals surface area contributed by atoms with Crippen LogP contribution in [0.15, 0.2) is 4.99 Å². The molecule has 0 bridgehead atoms. The minimum absolute atomic E-state index is 0. The van der Waals surface area contributed by atoms with E-state index in [4.69, 9.17) is 4.99 Å². The summed E-state index contributed by atoms with van der Waals surface area (Å²) in [5.74, 6) is 1.02. The van der Waals surface area contributed by atoms with Crippen LogP contribution in [0.2, 0.25) is 0 Å². The number of piperazine rings is 1. The molecule has 0 radical (unpaired) electrons. The van der Waals surface area contributed by atoms with Crippen LogP contribution in [-0.4, -0.2) is 75.2 Å². The lowest BCUT2D eigenvalue weighted by Crippen LogP contribution is -2.44. The Morgan fingerprint density at radius 1 is 1.00 bits per heavy atom. The van der Waals surface area contributed by atoms with Crippen molar-refractivity contribution in [1.29, 1.82) is 0 Å². The second-order valence-electron chi connectivity index (χ2n) is 8.03. The van der Waals surface area contributed by atoms with Crippen molar-refractivity contribution in [2.45, 2.75) is 58.8 Å². The molecule has 0 unspecified atom stereocenters. The first-order valence-electron chi connectivity index (χ1n) is 10.6. The van der Waals surface area contributed by atoms with Crippen LogP contribution in [-0.2, 0) is 0 Å². The molecule has 0 aromatic carbocycles. The van der Waals surface area contributed by atoms with Crippen LogP contribution in [0.1, 0.15) is 58.8 Å². The van der Waals surface area contributed by atoms with Crippen molar-refractivity contribution in [2.24, 2.45) is 10.4 Å². The van der Waals surface area contributed by atoms with Crippen LogP contribution in [0.25, 0.3) is 0 Å². The van der Waals surface area contributed by atoms with Gasteiger partial charge in [0.1, 0.15) is 0 Å². The fourth-order valence-corrected chi connectivity index (χ4v) is 4.08. The Kier molecular flexibility index (Phi) is 12.1. The van der Waals surface area contributed by atoms with E-state index in [-0.39, 0.29) is 24.0 Å². The Morgan fingerprint density at radius 2 is 1.69 bits per heavy atom. The van der Waals surface area contributed by atoms with Crippen LogP contribution in [0.3, 0.4) is 0 Å². The van der Waals surface area contributed by atoms with E-state index in [0.29, 0.717) is 5.41 Å². The molecule has 1 saturated heterocycles. The summed E-state index contributed by atoms with van der Waals surface area (Å²) in [7, 11) is 2.22. The minimum Gasteiger partial charge on any atom is -0.357 e. The van der Waals surface area contributed by atoms with Crippen molar-refractivity contribution in [3.63, 3.8) is 0 Å². The fourth-order valence-electron chi connectivity index (χ4n) is 4.08. The largest absolute Gasteiger partial charge is 0.357 e. The quantitative estimate of drug-likeness (QED) is 0.231. The van der Waals surface area contributed by atoms with Gasteiger partial charge in [-0.05, 0) is 58.0 Å². The van der Waals surface area contributed by atoms with Crippen molar-refractivity contribution >= 4 is 29.9 Å². The molecule has 2 N–H and O–H groups in total. The predicted octanol–water partition coefficient (Wildman–Crippen LogP) is 3.16. The van der Waals surface area contributed by atoms with Gasteiger partial charge >= 0.3 is 0 Å². The number of nitrogens with one attached hydrogen (secondary N) is 2. The molecular formula is C20H42IN5. The minimum atomic E-state index is 0. The molecule has 0 amide bonds. The van der Waals surface area contributed by atoms with E-state index >= 15 is 0 Å². The van der Waals surface area contributed by atoms with E-state index in [1.165, 1.54) is 77.7 Å². The summed E-state index contributed by atoms with van der Waals surface area (Å²) in [4.78, 5) is 9.94. The van der Waals surface area contributed by atoms with Crippen LogP contribution in [0, 0.1) is 5.41 Å². The van der Waals surface area contributed by atoms with Gasteiger partial charge in [0.2, 0.25) is 0 Å². The molecule has 0 spiro atoms. The van der Waals surface area contributed by atoms with Gasteiger partial charge in [0, 0.05) is 45.8 Å². The first-order valence-corrected chi connectivity index (χ1v) is 10.6. The third kappa shape index (κ3) is 8.30. The lowest BCUT2D eigenvalue weighted by molar-refractivity contribution is 0.152. The molecule has 5 nitrogen and oxygen atoms in total. The molecule has 0 aromatic heterocycles. The number of nitrogens with zero attached hydrogens (tertiary/aromatic N) is 3. The van der Waals surface area contributed by atoms with E-state index in [0.717, 1.165) is 25.6 Å². The smallest absolute Gasteiger partial charge is 0.191 e. The maximum absolute atomic E-state index is 4.91. The average Bonchev–Trinajstić information content (AvgIpc) is 3.10. The summed E-state index contributed by atoms with van der Waals surface area (Å²) in [6.07, 6.45) is 9.25. The van der Waals surface area contributed by atoms with Crippen molar-refractivity contribution in [2.75, 3.05) is 59.4 Å². The molecule has 1 saturated carbocycles. The number of hydrogen-bond acceptors (Lipinski definition) is 3. The third-order valence-corrected chi connectivity index (χ3v) is 6.12. The molecule has 2 aliphatic rings. The van der Waals surface area contributed by atoms with Gasteiger partial charge in [-0.1, -0.05) is 19.8 Å². The average molecular weight is 479 g/mol. The summed E-state index contributed by atoms with van der Waals surface area (Å²) in [6.45, 7) is 13.6. The molecule has 1 aliphatic heterocycles. The molecule has 0 aromatic rings. The molecule has 0 atom stereocenters. The highest BCUT2D eigenvalue weighted by Crippen LogP contribution is 2.41. The maximum Gasteiger partial charge on any atom is 0.191 e. The van der Waals surface area contributed by atoms with E-state index in [1.54, 1.807) is 0 Å². The van der Waals surface area contributed by atoms with Crippen molar-refractivity contribution in [1.82, 2.24) is 20.4 Å². The third-order valence-electron chi connectivity index (χ3n) is 6.12. The Bertz CT molecular complexity index is 388. The van der Waals surface area contributed by atoms with Crippen molar-refractivity contribution in [3.05, 3.63) is 0 Å². The van der Waals surface area contributed by atoms with Crippen molar-refractivity contribution < 1.29 is 0 Å². The van der Waals surface area contributed by atoms with Crippen LogP contribution in [0.4, 0.5) is 0 Å². The summed E-state index contributed by atoms with van der Waals surface area (Å²) < 4.78 is 0. The van der Waals surface area contributed by atoms with Crippen LogP contribution >= 0.6 is 24.0 Å². The SMILES string of the molecule is CCNC(=NCC1(CC)CCCC1)NCCCCN1CCN(C)CC1.I. The predicted molar refractivity (Wildman–Crippen MR) is 124 cm³/mol. The molecular weight excluding hydrogens is 437 g/mol. The van der Waals surface area contributed by atoms with E-state index in [1.807, 2.05) is 0 Å². The highest BCUT2D eigenvalue weighted by molar-refractivity contribution is 14.0. The number of aliphatic imine (C=N–C) groups is 1. The summed E-state index contributed by atoms with van der Waals surface area (Å²) >= 11 is 0. The zero-order chi connectivity index (χ0) is 18.0. The maximum atomic E-state index is 4.91. The molecule has 26 heavy (non-hydrogen) atoms. The second kappa shape index (κ2) is 13.2. The highest BCUT2D eigenvalue weighted by atomic mass is 127. The second-order valence-corrected chi connectivity index (χ2v) is 8.03. The first kappa shape index (κ1) is 24.0. The number of rotatable bonds is 9. The summed E-state index contributed by atoms with van der Waals surface area (Å²) in [5, 5.41) is 6.96. The normalized spacial score (nSPS) is 21.4. The van der Waals surface area contributed by atoms with Crippen LogP contribution in [0.5, 0.6) is 0 Å². The number of halogens is 1. The first-order chi connectivity index (χ1) is 12.2. The van der Waals surface area contributed by atoms with Gasteiger partial charge in [-0.2, -0.15) is 0 Å². The van der Waals surface area contributed by atoms with Gasteiger partial charge in [0.15, 0.2) is 5.96 Å². The molecule has 2 fully saturated rings. The molecule has 1 heterocycles. The zero-order valence-electron chi connectivity index (χ0n) is 17.4. The number of hydrogen-bond donors (Lipinski definition) is 2. The number of likely N-dealkylation sites (N-methyl/N-ethyl adjacent to an activating group) is 1. The Morgan fingerprint density at radius 3 is 2.31 bits per heavy atom. The molecule has 1 aliphatic carbocycles. The number of unbranched alkanes of at least 4 members (excludes halogenated alkanes) is 1. The monoisotopic (exact) mass is 479 g/mol. The van der Waals surface area contributed by atoms with Gasteiger partial charge in [-0.15, -0.1) is 24.0 Å². The molecule has 2 rings (SSSR count). The molecule has 154 valence electrons. The van der Waals surface area contributed by atoms with E-state index in [9.17, 15) is 0 Å². The fraction of sp³-hybridized carbons (Fsp3) is 0.950. The van der Waals surface area contributed by atoms with Crippen molar-refractivity contribution in [3.8, 4) is 0 Å². The summed E-state index contributed by atoms with van der Waals surface area (Å²) in [5.41, 5.74) is 0.476. The van der Waals surface area contributed by atoms with E-state index < -0.39 is 0 Å². The van der Waals surface area contributed by atoms with Gasteiger partial charge in [-0.25, -0.2) is 0 Å².